The van der Waals surface area contributed by atoms with Gasteiger partial charge in [0.1, 0.15) is 0 Å². The molecular formula is C22H37NS. The van der Waals surface area contributed by atoms with Crippen molar-refractivity contribution in [1.29, 1.82) is 0 Å². The molecule has 0 bridgehead atoms. The van der Waals surface area contributed by atoms with E-state index in [9.17, 15) is 0 Å². The van der Waals surface area contributed by atoms with Crippen LogP contribution in [0.1, 0.15) is 59.9 Å². The van der Waals surface area contributed by atoms with Crippen molar-refractivity contribution < 1.29 is 0 Å². The van der Waals surface area contributed by atoms with Gasteiger partial charge < -0.3 is 4.90 Å². The Kier molecular flexibility index (Phi) is 7.24. The summed E-state index contributed by atoms with van der Waals surface area (Å²) in [5, 5.41) is 0.649. The summed E-state index contributed by atoms with van der Waals surface area (Å²) < 4.78 is 0. The Morgan fingerprint density at radius 2 is 1.79 bits per heavy atom. The normalized spacial score (nSPS) is 17.8. The Labute approximate surface area is 154 Å². The van der Waals surface area contributed by atoms with E-state index in [1.165, 1.54) is 49.4 Å². The maximum absolute atomic E-state index is 2.70. The second-order valence-corrected chi connectivity index (χ2v) is 10.7. The number of piperidine rings is 1. The lowest BCUT2D eigenvalue weighted by molar-refractivity contribution is 0.113. The van der Waals surface area contributed by atoms with Crippen LogP contribution in [0.25, 0.3) is 0 Å². The molecule has 0 unspecified atom stereocenters. The fourth-order valence-electron chi connectivity index (χ4n) is 3.99. The zero-order chi connectivity index (χ0) is 17.7. The molecule has 0 radical (unpaired) electrons. The summed E-state index contributed by atoms with van der Waals surface area (Å²) in [6.45, 7) is 18.0. The first-order chi connectivity index (χ1) is 11.2. The highest BCUT2D eigenvalue weighted by molar-refractivity contribution is 7.99. The Balaban J connectivity index is 1.89. The van der Waals surface area contributed by atoms with Crippen LogP contribution in [0.3, 0.4) is 0 Å². The maximum atomic E-state index is 2.70. The number of hydrogen-bond acceptors (Lipinski definition) is 2. The molecule has 0 saturated carbocycles. The van der Waals surface area contributed by atoms with Crippen LogP contribution in [0.15, 0.2) is 29.2 Å². The summed E-state index contributed by atoms with van der Waals surface area (Å²) >= 11 is 1.97. The van der Waals surface area contributed by atoms with Gasteiger partial charge in [0.15, 0.2) is 0 Å². The van der Waals surface area contributed by atoms with E-state index in [0.717, 1.165) is 11.8 Å². The standard InChI is InChI=1S/C22H37NS/c1-17(2)20-10-12-23(13-11-20)16-22(5,6)15-19-8-7-9-21(14-19)24-18(3)4/h7-9,14,17-18,20H,10-13,15-16H2,1-6H3. The van der Waals surface area contributed by atoms with Crippen LogP contribution in [-0.4, -0.2) is 29.8 Å². The molecule has 0 atom stereocenters. The third kappa shape index (κ3) is 6.44. The van der Waals surface area contributed by atoms with Gasteiger partial charge in [-0.3, -0.25) is 0 Å². The summed E-state index contributed by atoms with van der Waals surface area (Å²) in [5.41, 5.74) is 1.83. The van der Waals surface area contributed by atoms with Gasteiger partial charge in [-0.05, 0) is 67.3 Å². The van der Waals surface area contributed by atoms with Gasteiger partial charge in [0.25, 0.3) is 0 Å². The largest absolute Gasteiger partial charge is 0.303 e. The van der Waals surface area contributed by atoms with Gasteiger partial charge in [-0.25, -0.2) is 0 Å². The summed E-state index contributed by atoms with van der Waals surface area (Å²) in [7, 11) is 0. The minimum atomic E-state index is 0.339. The first kappa shape index (κ1) is 19.8. The van der Waals surface area contributed by atoms with Crippen LogP contribution in [0, 0.1) is 17.3 Å². The first-order valence-corrected chi connectivity index (χ1v) is 10.6. The molecule has 1 heterocycles. The van der Waals surface area contributed by atoms with E-state index in [1.807, 2.05) is 11.8 Å². The smallest absolute Gasteiger partial charge is 0.00773 e. The lowest BCUT2D eigenvalue weighted by Gasteiger charge is -2.38. The minimum Gasteiger partial charge on any atom is -0.303 e. The van der Waals surface area contributed by atoms with E-state index in [2.05, 4.69) is 70.7 Å². The van der Waals surface area contributed by atoms with Crippen molar-refractivity contribution in [1.82, 2.24) is 4.90 Å². The molecule has 1 fully saturated rings. The van der Waals surface area contributed by atoms with E-state index >= 15 is 0 Å². The van der Waals surface area contributed by atoms with Crippen LogP contribution in [0.2, 0.25) is 0 Å². The second kappa shape index (κ2) is 8.76. The quantitative estimate of drug-likeness (QED) is 0.546. The molecule has 0 amide bonds. The lowest BCUT2D eigenvalue weighted by Crippen LogP contribution is -2.41. The molecule has 24 heavy (non-hydrogen) atoms. The van der Waals surface area contributed by atoms with Gasteiger partial charge in [0.05, 0.1) is 0 Å². The SMILES string of the molecule is CC(C)Sc1cccc(CC(C)(C)CN2CCC(C(C)C)CC2)c1. The number of likely N-dealkylation sites (tertiary alicyclic amines) is 1. The number of thioether (sulfide) groups is 1. The lowest BCUT2D eigenvalue weighted by atomic mass is 9.82. The highest BCUT2D eigenvalue weighted by Crippen LogP contribution is 2.30. The van der Waals surface area contributed by atoms with Crippen molar-refractivity contribution in [2.45, 2.75) is 71.0 Å². The number of benzene rings is 1. The average molecular weight is 348 g/mol. The second-order valence-electron chi connectivity index (χ2n) is 9.01. The van der Waals surface area contributed by atoms with Gasteiger partial charge in [0, 0.05) is 16.7 Å². The van der Waals surface area contributed by atoms with Crippen molar-refractivity contribution >= 4 is 11.8 Å². The van der Waals surface area contributed by atoms with Gasteiger partial charge >= 0.3 is 0 Å². The zero-order valence-electron chi connectivity index (χ0n) is 16.6. The van der Waals surface area contributed by atoms with Crippen molar-refractivity contribution in [3.8, 4) is 0 Å². The van der Waals surface area contributed by atoms with E-state index in [0.29, 0.717) is 10.7 Å². The minimum absolute atomic E-state index is 0.339. The summed E-state index contributed by atoms with van der Waals surface area (Å²) in [4.78, 5) is 4.11. The monoisotopic (exact) mass is 347 g/mol. The number of rotatable bonds is 7. The van der Waals surface area contributed by atoms with Crippen LogP contribution in [-0.2, 0) is 6.42 Å². The molecule has 1 saturated heterocycles. The van der Waals surface area contributed by atoms with Crippen molar-refractivity contribution in [2.24, 2.45) is 17.3 Å². The Morgan fingerprint density at radius 1 is 1.12 bits per heavy atom. The third-order valence-electron chi connectivity index (χ3n) is 5.18. The highest BCUT2D eigenvalue weighted by atomic mass is 32.2. The molecule has 1 aliphatic rings. The molecule has 136 valence electrons. The molecular weight excluding hydrogens is 310 g/mol. The first-order valence-electron chi connectivity index (χ1n) is 9.73. The number of nitrogens with zero attached hydrogens (tertiary/aromatic N) is 1. The maximum Gasteiger partial charge on any atom is 0.00773 e. The van der Waals surface area contributed by atoms with Crippen LogP contribution < -0.4 is 0 Å². The molecule has 1 nitrogen and oxygen atoms in total. The van der Waals surface area contributed by atoms with Gasteiger partial charge in [-0.2, -0.15) is 0 Å². The molecule has 2 heteroatoms. The molecule has 2 rings (SSSR count). The molecule has 0 spiro atoms. The molecule has 1 aliphatic heterocycles. The molecule has 0 N–H and O–H groups in total. The average Bonchev–Trinajstić information content (AvgIpc) is 2.46. The molecule has 0 aliphatic carbocycles. The highest BCUT2D eigenvalue weighted by Gasteiger charge is 2.27. The van der Waals surface area contributed by atoms with Crippen LogP contribution in [0.4, 0.5) is 0 Å². The Morgan fingerprint density at radius 3 is 2.38 bits per heavy atom. The topological polar surface area (TPSA) is 3.24 Å². The molecule has 0 aromatic heterocycles. The van der Waals surface area contributed by atoms with Crippen molar-refractivity contribution in [3.63, 3.8) is 0 Å². The van der Waals surface area contributed by atoms with E-state index < -0.39 is 0 Å². The van der Waals surface area contributed by atoms with Gasteiger partial charge in [0.2, 0.25) is 0 Å². The summed E-state index contributed by atoms with van der Waals surface area (Å²) in [5.74, 6) is 1.79. The zero-order valence-corrected chi connectivity index (χ0v) is 17.5. The predicted octanol–water partition coefficient (Wildman–Crippen LogP) is 6.12. The molecule has 1 aromatic rings. The fourth-order valence-corrected chi connectivity index (χ4v) is 4.91. The number of hydrogen-bond donors (Lipinski definition) is 0. The van der Waals surface area contributed by atoms with Crippen LogP contribution >= 0.6 is 11.8 Å². The summed E-state index contributed by atoms with van der Waals surface area (Å²) in [6.07, 6.45) is 3.94. The fraction of sp³-hybridized carbons (Fsp3) is 0.727. The van der Waals surface area contributed by atoms with E-state index in [-0.39, 0.29) is 0 Å². The van der Waals surface area contributed by atoms with E-state index in [4.69, 9.17) is 0 Å². The van der Waals surface area contributed by atoms with Gasteiger partial charge in [-0.1, -0.05) is 53.7 Å². The predicted molar refractivity (Wildman–Crippen MR) is 109 cm³/mol. The Hall–Kier alpha value is -0.470. The third-order valence-corrected chi connectivity index (χ3v) is 6.18. The summed E-state index contributed by atoms with van der Waals surface area (Å²) in [6, 6.07) is 9.18. The van der Waals surface area contributed by atoms with Crippen LogP contribution in [0.5, 0.6) is 0 Å². The van der Waals surface area contributed by atoms with Crippen molar-refractivity contribution in [2.75, 3.05) is 19.6 Å². The van der Waals surface area contributed by atoms with Crippen molar-refractivity contribution in [3.05, 3.63) is 29.8 Å². The van der Waals surface area contributed by atoms with Gasteiger partial charge in [-0.15, -0.1) is 11.8 Å². The molecule has 1 aromatic carbocycles. The van der Waals surface area contributed by atoms with E-state index in [1.54, 1.807) is 0 Å². The Bertz CT molecular complexity index is 498.